The highest BCUT2D eigenvalue weighted by Crippen LogP contribution is 2.28. The number of rotatable bonds is 6. The molecule has 1 aliphatic rings. The Labute approximate surface area is 179 Å². The van der Waals surface area contributed by atoms with Crippen LogP contribution in [0.3, 0.4) is 0 Å². The third kappa shape index (κ3) is 4.49. The molecule has 2 aromatic carbocycles. The molecule has 1 aliphatic heterocycles. The number of carbonyl (C=O) groups excluding carboxylic acids is 1. The van der Waals surface area contributed by atoms with Crippen LogP contribution in [0.1, 0.15) is 17.4 Å². The monoisotopic (exact) mass is 424 g/mol. The van der Waals surface area contributed by atoms with E-state index in [1.54, 1.807) is 17.5 Å². The molecule has 7 nitrogen and oxygen atoms in total. The number of nitrogens with zero attached hydrogens (tertiary/aromatic N) is 3. The summed E-state index contributed by atoms with van der Waals surface area (Å²) >= 11 is 1.41. The van der Waals surface area contributed by atoms with Gasteiger partial charge in [-0.3, -0.25) is 4.79 Å². The standard InChI is InChI=1S/C22H24N4O3S/c1-2-29-17-9-7-16(8-10-17)23-22-24-18(15-30-22)21(28)26-13-11-25(12-14-26)19-5-3-4-6-20(19)27/h3-10,15,27H,2,11-14H2,1H3,(H,23,24). The van der Waals surface area contributed by atoms with Crippen LogP contribution in [0.4, 0.5) is 16.5 Å². The van der Waals surface area contributed by atoms with Crippen LogP contribution in [0, 0.1) is 0 Å². The van der Waals surface area contributed by atoms with E-state index in [0.717, 1.165) is 17.1 Å². The number of anilines is 3. The molecular weight excluding hydrogens is 400 g/mol. The molecule has 30 heavy (non-hydrogen) atoms. The molecule has 0 radical (unpaired) electrons. The van der Waals surface area contributed by atoms with E-state index in [1.165, 1.54) is 11.3 Å². The molecule has 4 rings (SSSR count). The fraction of sp³-hybridized carbons (Fsp3) is 0.273. The molecule has 1 fully saturated rings. The molecule has 0 spiro atoms. The van der Waals surface area contributed by atoms with Crippen LogP contribution in [0.2, 0.25) is 0 Å². The predicted octanol–water partition coefficient (Wildman–Crippen LogP) is 3.95. The van der Waals surface area contributed by atoms with Gasteiger partial charge >= 0.3 is 0 Å². The van der Waals surface area contributed by atoms with E-state index >= 15 is 0 Å². The third-order valence-corrected chi connectivity index (χ3v) is 5.69. The predicted molar refractivity (Wildman–Crippen MR) is 119 cm³/mol. The summed E-state index contributed by atoms with van der Waals surface area (Å²) in [5, 5.41) is 15.7. The number of aromatic hydroxyl groups is 1. The van der Waals surface area contributed by atoms with Crippen LogP contribution >= 0.6 is 11.3 Å². The van der Waals surface area contributed by atoms with Crippen molar-refractivity contribution in [2.75, 3.05) is 43.0 Å². The number of piperazine rings is 1. The number of ether oxygens (including phenoxy) is 1. The van der Waals surface area contributed by atoms with Crippen molar-refractivity contribution >= 4 is 33.8 Å². The minimum absolute atomic E-state index is 0.0667. The fourth-order valence-electron chi connectivity index (χ4n) is 3.40. The number of carbonyl (C=O) groups is 1. The molecule has 0 aliphatic carbocycles. The van der Waals surface area contributed by atoms with Crippen molar-refractivity contribution < 1.29 is 14.6 Å². The normalized spacial score (nSPS) is 13.9. The maximum atomic E-state index is 12.9. The number of hydrogen-bond acceptors (Lipinski definition) is 7. The fourth-order valence-corrected chi connectivity index (χ4v) is 4.10. The Kier molecular flexibility index (Phi) is 6.04. The lowest BCUT2D eigenvalue weighted by atomic mass is 10.2. The number of para-hydroxylation sites is 2. The number of benzene rings is 2. The van der Waals surface area contributed by atoms with Crippen molar-refractivity contribution in [2.45, 2.75) is 6.92 Å². The van der Waals surface area contributed by atoms with Crippen LogP contribution in [0.5, 0.6) is 11.5 Å². The maximum Gasteiger partial charge on any atom is 0.273 e. The van der Waals surface area contributed by atoms with Gasteiger partial charge in [-0.2, -0.15) is 0 Å². The highest BCUT2D eigenvalue weighted by molar-refractivity contribution is 7.14. The molecule has 8 heteroatoms. The van der Waals surface area contributed by atoms with E-state index < -0.39 is 0 Å². The van der Waals surface area contributed by atoms with Crippen LogP contribution in [0.25, 0.3) is 0 Å². The van der Waals surface area contributed by atoms with Gasteiger partial charge in [0.2, 0.25) is 0 Å². The lowest BCUT2D eigenvalue weighted by Gasteiger charge is -2.36. The van der Waals surface area contributed by atoms with Crippen LogP contribution in [0.15, 0.2) is 53.9 Å². The number of thiazole rings is 1. The summed E-state index contributed by atoms with van der Waals surface area (Å²) in [6, 6.07) is 14.9. The Morgan fingerprint density at radius 3 is 2.57 bits per heavy atom. The number of amides is 1. The molecule has 2 heterocycles. The number of phenols is 1. The summed E-state index contributed by atoms with van der Waals surface area (Å²) in [6.45, 7) is 5.10. The minimum Gasteiger partial charge on any atom is -0.506 e. The van der Waals surface area contributed by atoms with Gasteiger partial charge in [-0.25, -0.2) is 4.98 Å². The van der Waals surface area contributed by atoms with Crippen molar-refractivity contribution in [3.63, 3.8) is 0 Å². The molecule has 0 unspecified atom stereocenters. The first kappa shape index (κ1) is 20.0. The maximum absolute atomic E-state index is 12.9. The average Bonchev–Trinajstić information content (AvgIpc) is 3.24. The summed E-state index contributed by atoms with van der Waals surface area (Å²) in [5.41, 5.74) is 2.15. The van der Waals surface area contributed by atoms with Gasteiger partial charge in [0, 0.05) is 37.2 Å². The van der Waals surface area contributed by atoms with E-state index in [4.69, 9.17) is 4.74 Å². The number of aromatic nitrogens is 1. The van der Waals surface area contributed by atoms with E-state index in [2.05, 4.69) is 15.2 Å². The Morgan fingerprint density at radius 2 is 1.87 bits per heavy atom. The SMILES string of the molecule is CCOc1ccc(Nc2nc(C(=O)N3CCN(c4ccccc4O)CC3)cs2)cc1. The van der Waals surface area contributed by atoms with Gasteiger partial charge in [0.15, 0.2) is 5.13 Å². The first-order valence-corrected chi connectivity index (χ1v) is 10.8. The highest BCUT2D eigenvalue weighted by Gasteiger charge is 2.25. The second-order valence-corrected chi connectivity index (χ2v) is 7.75. The topological polar surface area (TPSA) is 77.9 Å². The van der Waals surface area contributed by atoms with Gasteiger partial charge in [0.1, 0.15) is 17.2 Å². The quantitative estimate of drug-likeness (QED) is 0.624. The zero-order valence-corrected chi connectivity index (χ0v) is 17.6. The number of phenolic OH excluding ortho intramolecular Hbond substituents is 1. The largest absolute Gasteiger partial charge is 0.506 e. The smallest absolute Gasteiger partial charge is 0.273 e. The molecule has 1 saturated heterocycles. The molecule has 156 valence electrons. The van der Waals surface area contributed by atoms with Gasteiger partial charge in [-0.15, -0.1) is 11.3 Å². The second-order valence-electron chi connectivity index (χ2n) is 6.89. The van der Waals surface area contributed by atoms with Crippen LogP contribution < -0.4 is 15.0 Å². The molecule has 2 N–H and O–H groups in total. The van der Waals surface area contributed by atoms with Gasteiger partial charge in [0.25, 0.3) is 5.91 Å². The average molecular weight is 425 g/mol. The van der Waals surface area contributed by atoms with E-state index in [0.29, 0.717) is 43.6 Å². The number of nitrogens with one attached hydrogen (secondary N) is 1. The van der Waals surface area contributed by atoms with E-state index in [9.17, 15) is 9.90 Å². The molecule has 3 aromatic rings. The summed E-state index contributed by atoms with van der Waals surface area (Å²) in [4.78, 5) is 21.2. The zero-order chi connectivity index (χ0) is 20.9. The summed E-state index contributed by atoms with van der Waals surface area (Å²) in [7, 11) is 0. The van der Waals surface area contributed by atoms with E-state index in [-0.39, 0.29) is 11.7 Å². The third-order valence-electron chi connectivity index (χ3n) is 4.93. The summed E-state index contributed by atoms with van der Waals surface area (Å²) < 4.78 is 5.45. The molecule has 0 bridgehead atoms. The van der Waals surface area contributed by atoms with Crippen molar-refractivity contribution in [3.8, 4) is 11.5 Å². The molecule has 1 amide bonds. The van der Waals surface area contributed by atoms with Gasteiger partial charge in [-0.05, 0) is 43.3 Å². The summed E-state index contributed by atoms with van der Waals surface area (Å²) in [5.74, 6) is 1.02. The van der Waals surface area contributed by atoms with Crippen molar-refractivity contribution in [2.24, 2.45) is 0 Å². The Bertz CT molecular complexity index is 998. The van der Waals surface area contributed by atoms with Crippen molar-refractivity contribution in [1.82, 2.24) is 9.88 Å². The van der Waals surface area contributed by atoms with Gasteiger partial charge < -0.3 is 25.0 Å². The number of hydrogen-bond donors (Lipinski definition) is 2. The first-order valence-electron chi connectivity index (χ1n) is 9.91. The minimum atomic E-state index is -0.0667. The van der Waals surface area contributed by atoms with E-state index in [1.807, 2.05) is 48.2 Å². The molecule has 0 saturated carbocycles. The second kappa shape index (κ2) is 9.04. The highest BCUT2D eigenvalue weighted by atomic mass is 32.1. The molecule has 1 aromatic heterocycles. The molecule has 0 atom stereocenters. The van der Waals surface area contributed by atoms with Gasteiger partial charge in [0.05, 0.1) is 12.3 Å². The van der Waals surface area contributed by atoms with Gasteiger partial charge in [-0.1, -0.05) is 12.1 Å². The zero-order valence-electron chi connectivity index (χ0n) is 16.7. The molecular formula is C22H24N4O3S. The van der Waals surface area contributed by atoms with Crippen LogP contribution in [-0.2, 0) is 0 Å². The lowest BCUT2D eigenvalue weighted by Crippen LogP contribution is -2.48. The van der Waals surface area contributed by atoms with Crippen molar-refractivity contribution in [3.05, 3.63) is 59.6 Å². The Balaban J connectivity index is 1.35. The Hall–Kier alpha value is -3.26. The summed E-state index contributed by atoms with van der Waals surface area (Å²) in [6.07, 6.45) is 0. The Morgan fingerprint density at radius 1 is 1.13 bits per heavy atom. The lowest BCUT2D eigenvalue weighted by molar-refractivity contribution is 0.0741. The first-order chi connectivity index (χ1) is 14.6. The van der Waals surface area contributed by atoms with Crippen molar-refractivity contribution in [1.29, 1.82) is 0 Å². The van der Waals surface area contributed by atoms with Crippen LogP contribution in [-0.4, -0.2) is 53.7 Å².